The highest BCUT2D eigenvalue weighted by Crippen LogP contribution is 2.19. The van der Waals surface area contributed by atoms with Crippen LogP contribution in [0.2, 0.25) is 5.02 Å². The summed E-state index contributed by atoms with van der Waals surface area (Å²) in [6, 6.07) is 18.7. The second-order valence-electron chi connectivity index (χ2n) is 11.3. The Hall–Kier alpha value is -4.41. The molecule has 1 aromatic heterocycles. The van der Waals surface area contributed by atoms with Crippen molar-refractivity contribution in [1.82, 2.24) is 18.6 Å². The van der Waals surface area contributed by atoms with E-state index in [0.717, 1.165) is 21.4 Å². The number of methoxy groups -OCH3 is 1. The minimum absolute atomic E-state index is 0.110. The summed E-state index contributed by atoms with van der Waals surface area (Å²) in [7, 11) is -2.64. The second-order valence-corrected chi connectivity index (χ2v) is 13.4. The summed E-state index contributed by atoms with van der Waals surface area (Å²) in [6.45, 7) is 5.09. The summed E-state index contributed by atoms with van der Waals surface area (Å²) < 4.78 is 35.6. The highest BCUT2D eigenvalue weighted by atomic mass is 35.5. The van der Waals surface area contributed by atoms with Crippen LogP contribution in [0.4, 0.5) is 5.69 Å². The van der Waals surface area contributed by atoms with E-state index in [1.165, 1.54) is 11.4 Å². The first kappa shape index (κ1) is 33.0. The second kappa shape index (κ2) is 13.9. The smallest absolute Gasteiger partial charge is 0.329 e. The molecule has 2 N–H and O–H groups in total. The van der Waals surface area contributed by atoms with Gasteiger partial charge in [0.1, 0.15) is 6.04 Å². The Morgan fingerprint density at radius 3 is 2.22 bits per heavy atom. The van der Waals surface area contributed by atoms with Gasteiger partial charge in [0.15, 0.2) is 0 Å². The van der Waals surface area contributed by atoms with Gasteiger partial charge >= 0.3 is 11.7 Å². The van der Waals surface area contributed by atoms with Crippen molar-refractivity contribution in [3.8, 4) is 11.8 Å². The van der Waals surface area contributed by atoms with E-state index < -0.39 is 33.5 Å². The molecule has 0 aliphatic carbocycles. The number of nitrogens with zero attached hydrogens (tertiary/aromatic N) is 3. The maximum absolute atomic E-state index is 13.2. The number of nitrogens with one attached hydrogen (secondary N) is 2. The molecule has 0 bridgehead atoms. The van der Waals surface area contributed by atoms with Crippen LogP contribution in [-0.4, -0.2) is 67.6 Å². The number of ether oxygens (including phenoxy) is 1. The molecule has 0 saturated carbocycles. The van der Waals surface area contributed by atoms with Crippen LogP contribution in [0.15, 0.2) is 76.3 Å². The number of anilines is 1. The summed E-state index contributed by atoms with van der Waals surface area (Å²) >= 11 is 5.96. The fourth-order valence-corrected chi connectivity index (χ4v) is 6.76. The zero-order valence-electron chi connectivity index (χ0n) is 25.6. The lowest BCUT2D eigenvalue weighted by Crippen LogP contribution is -2.56. The largest absolute Gasteiger partial charge is 0.468 e. The van der Waals surface area contributed by atoms with Crippen molar-refractivity contribution in [3.63, 3.8) is 0 Å². The van der Waals surface area contributed by atoms with Gasteiger partial charge in [-0.15, -0.1) is 0 Å². The number of hydrogen-bond donors (Lipinski definition) is 2. The number of hydrogen-bond acceptors (Lipinski definition) is 7. The quantitative estimate of drug-likeness (QED) is 0.219. The third-order valence-corrected chi connectivity index (χ3v) is 9.64. The number of carbonyl (C=O) groups excluding carboxylic acids is 1. The molecule has 1 fully saturated rings. The molecule has 240 valence electrons. The van der Waals surface area contributed by atoms with Gasteiger partial charge in [0, 0.05) is 48.0 Å². The number of esters is 1. The lowest BCUT2D eigenvalue weighted by Gasteiger charge is -2.36. The van der Waals surface area contributed by atoms with Crippen LogP contribution < -0.4 is 20.9 Å². The number of aromatic nitrogens is 2. The minimum Gasteiger partial charge on any atom is -0.468 e. The van der Waals surface area contributed by atoms with Crippen molar-refractivity contribution in [3.05, 3.63) is 109 Å². The number of piperazine rings is 1. The molecule has 3 aromatic carbocycles. The van der Waals surface area contributed by atoms with Crippen LogP contribution in [0, 0.1) is 17.8 Å². The maximum atomic E-state index is 13.2. The van der Waals surface area contributed by atoms with Crippen molar-refractivity contribution in [1.29, 1.82) is 0 Å². The van der Waals surface area contributed by atoms with Crippen LogP contribution in [0.5, 0.6) is 0 Å². The van der Waals surface area contributed by atoms with E-state index in [9.17, 15) is 22.8 Å². The Morgan fingerprint density at radius 2 is 1.59 bits per heavy atom. The summed E-state index contributed by atoms with van der Waals surface area (Å²) in [5.74, 6) is 5.33. The Kier molecular flexibility index (Phi) is 9.98. The number of aromatic amines is 1. The van der Waals surface area contributed by atoms with E-state index in [2.05, 4.69) is 26.4 Å². The fraction of sp³-hybridized carbons (Fsp3) is 0.303. The number of rotatable bonds is 8. The van der Waals surface area contributed by atoms with Crippen molar-refractivity contribution in [2.75, 3.05) is 38.2 Å². The molecule has 2 heterocycles. The van der Waals surface area contributed by atoms with Gasteiger partial charge in [0.05, 0.1) is 24.6 Å². The summed E-state index contributed by atoms with van der Waals surface area (Å²) in [5.41, 5.74) is 2.62. The maximum Gasteiger partial charge on any atom is 0.329 e. The molecule has 0 amide bonds. The first-order valence-electron chi connectivity index (χ1n) is 14.7. The Bertz CT molecular complexity index is 2020. The van der Waals surface area contributed by atoms with E-state index >= 15 is 0 Å². The molecular formula is C33H34ClN5O6S. The van der Waals surface area contributed by atoms with Crippen LogP contribution in [0.3, 0.4) is 0 Å². The number of benzene rings is 3. The van der Waals surface area contributed by atoms with Crippen molar-refractivity contribution >= 4 is 44.4 Å². The van der Waals surface area contributed by atoms with E-state index in [0.29, 0.717) is 34.6 Å². The predicted molar refractivity (Wildman–Crippen MR) is 178 cm³/mol. The van der Waals surface area contributed by atoms with Crippen molar-refractivity contribution in [2.24, 2.45) is 5.92 Å². The lowest BCUT2D eigenvalue weighted by atomic mass is 10.1. The van der Waals surface area contributed by atoms with E-state index in [-0.39, 0.29) is 25.6 Å². The van der Waals surface area contributed by atoms with E-state index in [1.807, 2.05) is 24.3 Å². The first-order valence-corrected chi connectivity index (χ1v) is 16.5. The first-order chi connectivity index (χ1) is 21.9. The molecule has 0 spiro atoms. The molecule has 4 aromatic rings. The highest BCUT2D eigenvalue weighted by Gasteiger charge is 2.33. The van der Waals surface area contributed by atoms with Crippen molar-refractivity contribution < 1.29 is 17.9 Å². The molecule has 46 heavy (non-hydrogen) atoms. The zero-order chi connectivity index (χ0) is 33.0. The van der Waals surface area contributed by atoms with Gasteiger partial charge in [-0.05, 0) is 66.1 Å². The molecule has 1 aliphatic rings. The number of fused-ring (bicyclic) bond motifs is 1. The Morgan fingerprint density at radius 1 is 0.957 bits per heavy atom. The standard InChI is InChI=1S/C33H34ClN5O6S/c1-22(2)30(32(41)45-3)36-46(43,44)38-18-16-37(17-19-38)27-13-8-23(9-14-27)4-5-24-10-15-29-28(20-24)31(40)39(33(42)35-29)21-25-6-11-26(34)12-7-25/h6-15,20,22,30,36H,16-19,21H2,1-3H3,(H,35,42)/t30-/m1/s1. The fourth-order valence-electron chi connectivity index (χ4n) is 5.15. The topological polar surface area (TPSA) is 134 Å². The Labute approximate surface area is 271 Å². The van der Waals surface area contributed by atoms with Gasteiger partial charge in [-0.1, -0.05) is 49.4 Å². The average molecular weight is 664 g/mol. The molecule has 1 aliphatic heterocycles. The molecule has 5 rings (SSSR count). The number of carbonyl (C=O) groups is 1. The molecular weight excluding hydrogens is 630 g/mol. The SMILES string of the molecule is COC(=O)[C@H](NS(=O)(=O)N1CCN(c2ccc(C#Cc3ccc4[nH]c(=O)n(Cc5ccc(Cl)cc5)c(=O)c4c3)cc2)CC1)C(C)C. The third kappa shape index (κ3) is 7.51. The predicted octanol–water partition coefficient (Wildman–Crippen LogP) is 2.95. The van der Waals surface area contributed by atoms with Gasteiger partial charge in [-0.25, -0.2) is 4.79 Å². The number of H-pyrrole nitrogens is 1. The van der Waals surface area contributed by atoms with Gasteiger partial charge in [0.25, 0.3) is 15.8 Å². The van der Waals surface area contributed by atoms with Crippen LogP contribution in [0.25, 0.3) is 10.9 Å². The van der Waals surface area contributed by atoms with E-state index in [4.69, 9.17) is 16.3 Å². The van der Waals surface area contributed by atoms with Crippen molar-refractivity contribution in [2.45, 2.75) is 26.4 Å². The molecule has 1 saturated heterocycles. The molecule has 1 atom stereocenters. The van der Waals surface area contributed by atoms with Gasteiger partial charge in [-0.2, -0.15) is 17.4 Å². The van der Waals surface area contributed by atoms with Gasteiger partial charge in [0.2, 0.25) is 0 Å². The summed E-state index contributed by atoms with van der Waals surface area (Å²) in [4.78, 5) is 42.7. The van der Waals surface area contributed by atoms with Crippen LogP contribution >= 0.6 is 11.6 Å². The number of halogens is 1. The van der Waals surface area contributed by atoms with Gasteiger partial charge in [-0.3, -0.25) is 14.2 Å². The third-order valence-electron chi connectivity index (χ3n) is 7.80. The summed E-state index contributed by atoms with van der Waals surface area (Å²) in [5, 5.41) is 0.928. The zero-order valence-corrected chi connectivity index (χ0v) is 27.2. The molecule has 0 unspecified atom stereocenters. The lowest BCUT2D eigenvalue weighted by molar-refractivity contribution is -0.143. The molecule has 13 heteroatoms. The molecule has 0 radical (unpaired) electrons. The normalized spacial score (nSPS) is 14.6. The van der Waals surface area contributed by atoms with E-state index in [1.54, 1.807) is 56.3 Å². The Balaban J connectivity index is 1.25. The van der Waals surface area contributed by atoms with Crippen LogP contribution in [-0.2, 0) is 26.3 Å². The summed E-state index contributed by atoms with van der Waals surface area (Å²) in [6.07, 6.45) is 0. The minimum atomic E-state index is -3.87. The van der Waals surface area contributed by atoms with Crippen LogP contribution in [0.1, 0.15) is 30.5 Å². The van der Waals surface area contributed by atoms with Gasteiger partial charge < -0.3 is 14.6 Å². The highest BCUT2D eigenvalue weighted by molar-refractivity contribution is 7.87. The monoisotopic (exact) mass is 663 g/mol. The average Bonchev–Trinajstić information content (AvgIpc) is 3.05. The molecule has 11 nitrogen and oxygen atoms in total.